The second kappa shape index (κ2) is 14.3. The fraction of sp³-hybridized carbons (Fsp3) is 0.467. The van der Waals surface area contributed by atoms with Crippen LogP contribution >= 0.6 is 11.6 Å². The van der Waals surface area contributed by atoms with E-state index in [0.717, 1.165) is 16.9 Å². The van der Waals surface area contributed by atoms with Crippen LogP contribution in [0, 0.1) is 0 Å². The lowest BCUT2D eigenvalue weighted by molar-refractivity contribution is -0.254. The molecule has 3 rings (SSSR count). The van der Waals surface area contributed by atoms with Crippen molar-refractivity contribution >= 4 is 35.5 Å². The average molecular weight is 591 g/mol. The Morgan fingerprint density at radius 3 is 1.95 bits per heavy atom. The summed E-state index contributed by atoms with van der Waals surface area (Å²) in [6, 6.07) is 12.8. The number of hydrogen-bond acceptors (Lipinski definition) is 10. The second-order valence-electron chi connectivity index (χ2n) is 9.96. The van der Waals surface area contributed by atoms with Gasteiger partial charge in [0, 0.05) is 32.7 Å². The van der Waals surface area contributed by atoms with E-state index in [0.29, 0.717) is 17.0 Å². The number of rotatable bonds is 10. The number of halogens is 1. The fourth-order valence-electron chi connectivity index (χ4n) is 4.58. The molecule has 0 amide bonds. The summed E-state index contributed by atoms with van der Waals surface area (Å²) < 4.78 is 33.8. The van der Waals surface area contributed by atoms with E-state index in [1.54, 1.807) is 12.1 Å². The van der Waals surface area contributed by atoms with Crippen LogP contribution in [0.1, 0.15) is 64.3 Å². The summed E-state index contributed by atoms with van der Waals surface area (Å²) >= 11 is 6.56. The Labute approximate surface area is 244 Å². The summed E-state index contributed by atoms with van der Waals surface area (Å²) in [6.07, 6.45) is -5.20. The third-order valence-electron chi connectivity index (χ3n) is 6.08. The number of carbonyl (C=O) groups excluding carboxylic acids is 4. The minimum Gasteiger partial charge on any atom is -0.491 e. The van der Waals surface area contributed by atoms with Gasteiger partial charge in [0.2, 0.25) is 0 Å². The van der Waals surface area contributed by atoms with E-state index in [-0.39, 0.29) is 12.7 Å². The predicted molar refractivity (Wildman–Crippen MR) is 147 cm³/mol. The Kier molecular flexibility index (Phi) is 11.1. The van der Waals surface area contributed by atoms with Crippen molar-refractivity contribution in [2.24, 2.45) is 0 Å². The molecule has 41 heavy (non-hydrogen) atoms. The van der Waals surface area contributed by atoms with Gasteiger partial charge < -0.3 is 28.4 Å². The molecule has 1 fully saturated rings. The standard InChI is InChI=1S/C30H35ClO10/c1-16(2)37-24-10-7-21(8-11-24)13-23-14-22(9-12-25(23)31)27-29(39-19(5)34)30(40-20(6)35)28(38-18(4)33)26(41-27)15-36-17(3)32/h7-12,14,16,26-30H,13,15H2,1-6H3/t26-,27+,28-,29+,30+/m1/s1. The van der Waals surface area contributed by atoms with Crippen LogP contribution in [-0.2, 0) is 49.3 Å². The first-order chi connectivity index (χ1) is 19.3. The molecule has 11 heteroatoms. The zero-order valence-corrected chi connectivity index (χ0v) is 24.6. The molecular weight excluding hydrogens is 556 g/mol. The lowest BCUT2D eigenvalue weighted by Gasteiger charge is -2.44. The van der Waals surface area contributed by atoms with Crippen LogP contribution in [0.4, 0.5) is 0 Å². The van der Waals surface area contributed by atoms with Crippen LogP contribution in [0.15, 0.2) is 42.5 Å². The maximum atomic E-state index is 12.2. The predicted octanol–water partition coefficient (Wildman–Crippen LogP) is 4.52. The van der Waals surface area contributed by atoms with Crippen molar-refractivity contribution in [3.63, 3.8) is 0 Å². The topological polar surface area (TPSA) is 124 Å². The van der Waals surface area contributed by atoms with Gasteiger partial charge in [-0.15, -0.1) is 0 Å². The molecule has 222 valence electrons. The van der Waals surface area contributed by atoms with E-state index < -0.39 is 54.4 Å². The van der Waals surface area contributed by atoms with Crippen molar-refractivity contribution in [1.82, 2.24) is 0 Å². The van der Waals surface area contributed by atoms with E-state index in [4.69, 9.17) is 40.0 Å². The zero-order valence-electron chi connectivity index (χ0n) is 23.9. The van der Waals surface area contributed by atoms with Crippen LogP contribution in [0.3, 0.4) is 0 Å². The molecule has 0 N–H and O–H groups in total. The lowest BCUT2D eigenvalue weighted by atomic mass is 9.89. The quantitative estimate of drug-likeness (QED) is 0.288. The molecule has 0 saturated carbocycles. The molecule has 0 unspecified atom stereocenters. The van der Waals surface area contributed by atoms with Gasteiger partial charge in [0.1, 0.15) is 24.6 Å². The highest BCUT2D eigenvalue weighted by atomic mass is 35.5. The van der Waals surface area contributed by atoms with Gasteiger partial charge in [-0.2, -0.15) is 0 Å². The Morgan fingerprint density at radius 2 is 1.39 bits per heavy atom. The van der Waals surface area contributed by atoms with Gasteiger partial charge in [-0.3, -0.25) is 19.2 Å². The Morgan fingerprint density at radius 1 is 0.805 bits per heavy atom. The van der Waals surface area contributed by atoms with E-state index in [1.165, 1.54) is 27.7 Å². The molecule has 0 radical (unpaired) electrons. The molecule has 2 aromatic carbocycles. The monoisotopic (exact) mass is 590 g/mol. The molecule has 10 nitrogen and oxygen atoms in total. The maximum absolute atomic E-state index is 12.2. The van der Waals surface area contributed by atoms with Crippen LogP contribution < -0.4 is 4.74 Å². The summed E-state index contributed by atoms with van der Waals surface area (Å²) in [5, 5.41) is 0.502. The maximum Gasteiger partial charge on any atom is 0.303 e. The first-order valence-corrected chi connectivity index (χ1v) is 13.6. The summed E-state index contributed by atoms with van der Waals surface area (Å²) in [7, 11) is 0. The first kappa shape index (κ1) is 31.9. The van der Waals surface area contributed by atoms with Crippen molar-refractivity contribution in [1.29, 1.82) is 0 Å². The van der Waals surface area contributed by atoms with Crippen LogP contribution in [0.5, 0.6) is 5.75 Å². The third kappa shape index (κ3) is 9.19. The zero-order chi connectivity index (χ0) is 30.3. The molecule has 0 bridgehead atoms. The average Bonchev–Trinajstić information content (AvgIpc) is 2.86. The van der Waals surface area contributed by atoms with Crippen LogP contribution in [-0.4, -0.2) is 61.0 Å². The smallest absolute Gasteiger partial charge is 0.303 e. The minimum absolute atomic E-state index is 0.0496. The molecular formula is C30H35ClO10. The Balaban J connectivity index is 2.02. The van der Waals surface area contributed by atoms with Crippen molar-refractivity contribution in [3.05, 3.63) is 64.2 Å². The van der Waals surface area contributed by atoms with Gasteiger partial charge >= 0.3 is 23.9 Å². The molecule has 0 aromatic heterocycles. The largest absolute Gasteiger partial charge is 0.491 e. The van der Waals surface area contributed by atoms with Crippen molar-refractivity contribution in [2.75, 3.05) is 6.61 Å². The van der Waals surface area contributed by atoms with Gasteiger partial charge in [0.05, 0.1) is 6.10 Å². The molecule has 1 saturated heterocycles. The SMILES string of the molecule is CC(=O)OC[C@H]1O[C@@H](c2ccc(Cl)c(Cc3ccc(OC(C)C)cc3)c2)[C@H](OC(C)=O)[C@@H](OC(C)=O)[C@@H]1OC(C)=O. The highest BCUT2D eigenvalue weighted by Gasteiger charge is 2.52. The first-order valence-electron chi connectivity index (χ1n) is 13.2. The van der Waals surface area contributed by atoms with E-state index in [1.807, 2.05) is 44.2 Å². The third-order valence-corrected chi connectivity index (χ3v) is 6.45. The highest BCUT2D eigenvalue weighted by Crippen LogP contribution is 2.39. The molecule has 0 spiro atoms. The van der Waals surface area contributed by atoms with Gasteiger partial charge in [-0.25, -0.2) is 0 Å². The normalized spacial score (nSPS) is 22.0. The highest BCUT2D eigenvalue weighted by molar-refractivity contribution is 6.31. The fourth-order valence-corrected chi connectivity index (χ4v) is 4.77. The van der Waals surface area contributed by atoms with Crippen molar-refractivity contribution in [3.8, 4) is 5.75 Å². The molecule has 1 heterocycles. The Hall–Kier alpha value is -3.63. The van der Waals surface area contributed by atoms with E-state index >= 15 is 0 Å². The number of hydrogen-bond donors (Lipinski definition) is 0. The van der Waals surface area contributed by atoms with Crippen LogP contribution in [0.25, 0.3) is 0 Å². The molecule has 0 aliphatic carbocycles. The molecule has 5 atom stereocenters. The van der Waals surface area contributed by atoms with Gasteiger partial charge in [0.15, 0.2) is 18.3 Å². The van der Waals surface area contributed by atoms with Gasteiger partial charge in [-0.05, 0) is 55.2 Å². The summed E-state index contributed by atoms with van der Waals surface area (Å²) in [4.78, 5) is 47.9. The van der Waals surface area contributed by atoms with E-state index in [9.17, 15) is 19.2 Å². The van der Waals surface area contributed by atoms with Gasteiger partial charge in [0.25, 0.3) is 0 Å². The van der Waals surface area contributed by atoms with Crippen LogP contribution in [0.2, 0.25) is 5.02 Å². The van der Waals surface area contributed by atoms with Crippen molar-refractivity contribution in [2.45, 2.75) is 84.6 Å². The van der Waals surface area contributed by atoms with Crippen molar-refractivity contribution < 1.29 is 47.6 Å². The Bertz CT molecular complexity index is 1240. The second-order valence-corrected chi connectivity index (χ2v) is 10.4. The number of ether oxygens (including phenoxy) is 6. The minimum atomic E-state index is -1.26. The van der Waals surface area contributed by atoms with E-state index in [2.05, 4.69) is 0 Å². The number of benzene rings is 2. The van der Waals surface area contributed by atoms with Gasteiger partial charge in [-0.1, -0.05) is 35.9 Å². The summed E-state index contributed by atoms with van der Waals surface area (Å²) in [5.74, 6) is -1.89. The number of carbonyl (C=O) groups is 4. The lowest BCUT2D eigenvalue weighted by Crippen LogP contribution is -2.59. The summed E-state index contributed by atoms with van der Waals surface area (Å²) in [6.45, 7) is 8.37. The number of esters is 4. The molecule has 1 aliphatic heterocycles. The molecule has 1 aliphatic rings. The summed E-state index contributed by atoms with van der Waals surface area (Å²) in [5.41, 5.74) is 2.29. The molecule has 2 aromatic rings.